The SMILES string of the molecule is CC(C)c1nc2c(c3c1[C@@H](c1ccc(C(C)(F)F)s1)OC31CCCC1)C1(CC1)CC(C)(C)C2. The number of alkyl halides is 2. The summed E-state index contributed by atoms with van der Waals surface area (Å²) in [4.78, 5) is 6.40. The molecule has 1 atom stereocenters. The zero-order valence-corrected chi connectivity index (χ0v) is 21.3. The molecule has 6 rings (SSSR count). The van der Waals surface area contributed by atoms with E-state index in [1.165, 1.54) is 65.8 Å². The van der Waals surface area contributed by atoms with Gasteiger partial charge in [-0.2, -0.15) is 0 Å². The molecule has 1 aliphatic heterocycles. The predicted molar refractivity (Wildman–Crippen MR) is 128 cm³/mol. The van der Waals surface area contributed by atoms with Gasteiger partial charge in [-0.1, -0.05) is 40.5 Å². The lowest BCUT2D eigenvalue weighted by Crippen LogP contribution is -2.35. The van der Waals surface area contributed by atoms with Crippen molar-refractivity contribution >= 4 is 11.3 Å². The van der Waals surface area contributed by atoms with E-state index in [0.717, 1.165) is 36.8 Å². The minimum atomic E-state index is -2.83. The first-order valence-corrected chi connectivity index (χ1v) is 13.5. The summed E-state index contributed by atoms with van der Waals surface area (Å²) in [7, 11) is 0. The van der Waals surface area contributed by atoms with Crippen molar-refractivity contribution in [2.45, 2.75) is 115 Å². The molecule has 0 radical (unpaired) electrons. The normalized spacial score (nSPS) is 26.2. The summed E-state index contributed by atoms with van der Waals surface area (Å²) in [5, 5.41) is 0. The topological polar surface area (TPSA) is 22.1 Å². The Kier molecular flexibility index (Phi) is 4.61. The Morgan fingerprint density at radius 1 is 1.09 bits per heavy atom. The highest BCUT2D eigenvalue weighted by atomic mass is 32.1. The van der Waals surface area contributed by atoms with E-state index in [9.17, 15) is 8.78 Å². The van der Waals surface area contributed by atoms with Crippen molar-refractivity contribution in [1.82, 2.24) is 4.98 Å². The molecule has 2 aromatic rings. The van der Waals surface area contributed by atoms with Gasteiger partial charge in [-0.3, -0.25) is 4.98 Å². The Morgan fingerprint density at radius 2 is 1.79 bits per heavy atom. The van der Waals surface area contributed by atoms with E-state index in [1.807, 2.05) is 6.07 Å². The zero-order valence-electron chi connectivity index (χ0n) is 20.5. The number of rotatable bonds is 3. The summed E-state index contributed by atoms with van der Waals surface area (Å²) >= 11 is 1.21. The van der Waals surface area contributed by atoms with Crippen LogP contribution in [-0.4, -0.2) is 4.98 Å². The van der Waals surface area contributed by atoms with E-state index >= 15 is 0 Å². The largest absolute Gasteiger partial charge is 0.357 e. The van der Waals surface area contributed by atoms with E-state index in [0.29, 0.717) is 0 Å². The maximum atomic E-state index is 14.1. The molecule has 33 heavy (non-hydrogen) atoms. The molecule has 0 bridgehead atoms. The summed E-state index contributed by atoms with van der Waals surface area (Å²) in [5.41, 5.74) is 6.83. The first-order chi connectivity index (χ1) is 15.4. The lowest BCUT2D eigenvalue weighted by Gasteiger charge is -2.40. The van der Waals surface area contributed by atoms with Crippen LogP contribution < -0.4 is 0 Å². The van der Waals surface area contributed by atoms with Gasteiger partial charge in [0.25, 0.3) is 5.92 Å². The van der Waals surface area contributed by atoms with Crippen LogP contribution in [0.25, 0.3) is 0 Å². The second-order valence-electron chi connectivity index (χ2n) is 12.3. The average molecular weight is 472 g/mol. The van der Waals surface area contributed by atoms with Crippen LogP contribution in [0.5, 0.6) is 0 Å². The lowest BCUT2D eigenvalue weighted by atomic mass is 9.65. The molecule has 0 amide bonds. The van der Waals surface area contributed by atoms with Gasteiger partial charge in [0, 0.05) is 28.8 Å². The highest BCUT2D eigenvalue weighted by Crippen LogP contribution is 2.66. The molecule has 0 saturated heterocycles. The monoisotopic (exact) mass is 471 g/mol. The fraction of sp³-hybridized carbons (Fsp3) is 0.679. The molecule has 2 nitrogen and oxygen atoms in total. The van der Waals surface area contributed by atoms with Gasteiger partial charge >= 0.3 is 0 Å². The molecule has 4 aliphatic rings. The van der Waals surface area contributed by atoms with Gasteiger partial charge in [-0.05, 0) is 78.5 Å². The number of pyridine rings is 1. The molecule has 3 aliphatic carbocycles. The van der Waals surface area contributed by atoms with Crippen molar-refractivity contribution in [3.05, 3.63) is 50.0 Å². The minimum Gasteiger partial charge on any atom is -0.357 e. The van der Waals surface area contributed by atoms with Crippen molar-refractivity contribution in [3.63, 3.8) is 0 Å². The van der Waals surface area contributed by atoms with Crippen LogP contribution in [0.4, 0.5) is 8.78 Å². The van der Waals surface area contributed by atoms with E-state index in [1.54, 1.807) is 6.07 Å². The maximum Gasteiger partial charge on any atom is 0.279 e. The van der Waals surface area contributed by atoms with Gasteiger partial charge < -0.3 is 4.74 Å². The number of hydrogen-bond donors (Lipinski definition) is 0. The number of nitrogens with zero attached hydrogens (tertiary/aromatic N) is 1. The fourth-order valence-corrected chi connectivity index (χ4v) is 8.21. The first kappa shape index (κ1) is 22.2. The van der Waals surface area contributed by atoms with Gasteiger partial charge in [0.1, 0.15) is 6.10 Å². The molecular formula is C28H35F2NOS. The van der Waals surface area contributed by atoms with E-state index in [-0.39, 0.29) is 33.3 Å². The van der Waals surface area contributed by atoms with Crippen molar-refractivity contribution in [1.29, 1.82) is 0 Å². The summed E-state index contributed by atoms with van der Waals surface area (Å²) in [6.45, 7) is 10.2. The Bertz CT molecular complexity index is 1120. The van der Waals surface area contributed by atoms with Crippen LogP contribution in [0.15, 0.2) is 12.1 Å². The van der Waals surface area contributed by atoms with Crippen molar-refractivity contribution in [3.8, 4) is 0 Å². The summed E-state index contributed by atoms with van der Waals surface area (Å²) in [5.74, 6) is -2.56. The van der Waals surface area contributed by atoms with Crippen molar-refractivity contribution in [2.24, 2.45) is 5.41 Å². The second-order valence-corrected chi connectivity index (χ2v) is 13.5. The first-order valence-electron chi connectivity index (χ1n) is 12.7. The molecule has 2 spiro atoms. The molecule has 3 heterocycles. The Hall–Kier alpha value is -1.33. The van der Waals surface area contributed by atoms with Crippen molar-refractivity contribution in [2.75, 3.05) is 0 Å². The highest BCUT2D eigenvalue weighted by Gasteiger charge is 2.59. The number of aromatic nitrogens is 1. The van der Waals surface area contributed by atoms with E-state index in [2.05, 4.69) is 27.7 Å². The summed E-state index contributed by atoms with van der Waals surface area (Å²) in [6, 6.07) is 3.47. The molecule has 2 fully saturated rings. The quantitative estimate of drug-likeness (QED) is 0.449. The second kappa shape index (κ2) is 6.87. The number of hydrogen-bond acceptors (Lipinski definition) is 3. The number of fused-ring (bicyclic) bond motifs is 5. The Balaban J connectivity index is 1.61. The van der Waals surface area contributed by atoms with Crippen LogP contribution >= 0.6 is 11.3 Å². The number of ether oxygens (including phenoxy) is 1. The third-order valence-electron chi connectivity index (χ3n) is 8.52. The van der Waals surface area contributed by atoms with Gasteiger partial charge in [-0.15, -0.1) is 11.3 Å². The molecule has 2 saturated carbocycles. The standard InChI is InChI=1S/C28H35F2NOS/c1-16(2)23-20-22(21-17(31-23)14-25(3,4)15-27(21)12-13-27)28(10-6-7-11-28)32-24(20)18-8-9-19(33-18)26(5,29)30/h8-9,16,24H,6-7,10-15H2,1-5H3/t24-/m1/s1. The molecule has 0 aromatic carbocycles. The van der Waals surface area contributed by atoms with Crippen LogP contribution in [0.2, 0.25) is 0 Å². The highest BCUT2D eigenvalue weighted by molar-refractivity contribution is 7.12. The van der Waals surface area contributed by atoms with Gasteiger partial charge in [0.2, 0.25) is 0 Å². The smallest absolute Gasteiger partial charge is 0.279 e. The molecule has 2 aromatic heterocycles. The molecular weight excluding hydrogens is 436 g/mol. The van der Waals surface area contributed by atoms with E-state index in [4.69, 9.17) is 9.72 Å². The third kappa shape index (κ3) is 3.28. The fourth-order valence-electron chi connectivity index (χ4n) is 7.23. The van der Waals surface area contributed by atoms with Crippen molar-refractivity contribution < 1.29 is 13.5 Å². The van der Waals surface area contributed by atoms with Crippen LogP contribution in [0.1, 0.15) is 129 Å². The zero-order chi connectivity index (χ0) is 23.4. The Morgan fingerprint density at radius 3 is 2.36 bits per heavy atom. The van der Waals surface area contributed by atoms with Gasteiger partial charge in [0.15, 0.2) is 0 Å². The van der Waals surface area contributed by atoms with Gasteiger partial charge in [0.05, 0.1) is 10.5 Å². The third-order valence-corrected chi connectivity index (χ3v) is 9.82. The van der Waals surface area contributed by atoms with Crippen LogP contribution in [0, 0.1) is 5.41 Å². The predicted octanol–water partition coefficient (Wildman–Crippen LogP) is 8.27. The molecule has 0 unspecified atom stereocenters. The number of thiophene rings is 1. The molecule has 5 heteroatoms. The molecule has 0 N–H and O–H groups in total. The Labute approximate surface area is 200 Å². The summed E-state index contributed by atoms with van der Waals surface area (Å²) < 4.78 is 35.3. The average Bonchev–Trinajstić information content (AvgIpc) is 3.13. The maximum absolute atomic E-state index is 14.1. The van der Waals surface area contributed by atoms with Gasteiger partial charge in [-0.25, -0.2) is 8.78 Å². The summed E-state index contributed by atoms with van der Waals surface area (Å²) in [6.07, 6.45) is 8.84. The number of halogens is 2. The van der Waals surface area contributed by atoms with Crippen LogP contribution in [0.3, 0.4) is 0 Å². The minimum absolute atomic E-state index is 0.118. The van der Waals surface area contributed by atoms with E-state index < -0.39 is 5.92 Å². The van der Waals surface area contributed by atoms with Crippen LogP contribution in [-0.2, 0) is 28.1 Å². The molecule has 178 valence electrons. The lowest BCUT2D eigenvalue weighted by molar-refractivity contribution is -0.0559.